The van der Waals surface area contributed by atoms with Crippen molar-refractivity contribution in [2.45, 2.75) is 20.0 Å². The van der Waals surface area contributed by atoms with Gasteiger partial charge in [0.25, 0.3) is 11.8 Å². The first-order valence-electron chi connectivity index (χ1n) is 7.05. The van der Waals surface area contributed by atoms with Crippen LogP contribution in [0, 0.1) is 6.92 Å². The van der Waals surface area contributed by atoms with Crippen LogP contribution < -0.4 is 15.6 Å². The molecule has 0 fully saturated rings. The Labute approximate surface area is 139 Å². The summed E-state index contributed by atoms with van der Waals surface area (Å²) < 4.78 is 5.47. The summed E-state index contributed by atoms with van der Waals surface area (Å²) in [5, 5.41) is 0.583. The van der Waals surface area contributed by atoms with E-state index in [0.717, 1.165) is 5.56 Å². The lowest BCUT2D eigenvalue weighted by Gasteiger charge is -2.15. The van der Waals surface area contributed by atoms with Gasteiger partial charge in [-0.2, -0.15) is 0 Å². The molecule has 2 rings (SSSR count). The Kier molecular flexibility index (Phi) is 5.60. The molecule has 120 valence electrons. The van der Waals surface area contributed by atoms with Gasteiger partial charge in [-0.25, -0.2) is 0 Å². The van der Waals surface area contributed by atoms with E-state index in [9.17, 15) is 9.59 Å². The largest absolute Gasteiger partial charge is 0.481 e. The molecule has 0 saturated carbocycles. The molecule has 0 spiro atoms. The van der Waals surface area contributed by atoms with Crippen molar-refractivity contribution >= 4 is 23.4 Å². The normalized spacial score (nSPS) is 11.4. The van der Waals surface area contributed by atoms with Crippen molar-refractivity contribution < 1.29 is 14.3 Å². The smallest absolute Gasteiger partial charge is 0.279 e. The highest BCUT2D eigenvalue weighted by Gasteiger charge is 2.15. The van der Waals surface area contributed by atoms with E-state index in [1.54, 1.807) is 49.4 Å². The average Bonchev–Trinajstić information content (AvgIpc) is 2.54. The zero-order valence-electron chi connectivity index (χ0n) is 12.8. The number of amides is 2. The highest BCUT2D eigenvalue weighted by Crippen LogP contribution is 2.16. The van der Waals surface area contributed by atoms with Crippen molar-refractivity contribution in [1.82, 2.24) is 10.9 Å². The molecule has 0 aromatic heterocycles. The second-order valence-corrected chi connectivity index (χ2v) is 5.46. The summed E-state index contributed by atoms with van der Waals surface area (Å²) >= 11 is 5.78. The van der Waals surface area contributed by atoms with Crippen LogP contribution in [0.2, 0.25) is 5.02 Å². The van der Waals surface area contributed by atoms with Crippen molar-refractivity contribution in [3.63, 3.8) is 0 Å². The highest BCUT2D eigenvalue weighted by molar-refractivity contribution is 6.30. The summed E-state index contributed by atoms with van der Waals surface area (Å²) in [6.07, 6.45) is -0.769. The number of nitrogens with one attached hydrogen (secondary N) is 2. The summed E-state index contributed by atoms with van der Waals surface area (Å²) in [7, 11) is 0. The van der Waals surface area contributed by atoms with Crippen LogP contribution in [-0.2, 0) is 4.79 Å². The monoisotopic (exact) mass is 332 g/mol. The van der Waals surface area contributed by atoms with Gasteiger partial charge in [0.05, 0.1) is 0 Å². The number of hydrazine groups is 1. The summed E-state index contributed by atoms with van der Waals surface area (Å²) in [4.78, 5) is 23.9. The maximum atomic E-state index is 11.9. The maximum absolute atomic E-state index is 11.9. The molecule has 2 amide bonds. The van der Waals surface area contributed by atoms with E-state index >= 15 is 0 Å². The van der Waals surface area contributed by atoms with E-state index in [2.05, 4.69) is 10.9 Å². The van der Waals surface area contributed by atoms with E-state index < -0.39 is 12.0 Å². The van der Waals surface area contributed by atoms with Gasteiger partial charge in [0.15, 0.2) is 6.10 Å². The van der Waals surface area contributed by atoms with E-state index in [4.69, 9.17) is 16.3 Å². The molecule has 5 nitrogen and oxygen atoms in total. The fourth-order valence-corrected chi connectivity index (χ4v) is 1.98. The summed E-state index contributed by atoms with van der Waals surface area (Å²) in [5.41, 5.74) is 6.13. The molecule has 0 radical (unpaired) electrons. The van der Waals surface area contributed by atoms with Gasteiger partial charge >= 0.3 is 0 Å². The number of carbonyl (C=O) groups excluding carboxylic acids is 2. The summed E-state index contributed by atoms with van der Waals surface area (Å²) in [6, 6.07) is 13.7. The van der Waals surface area contributed by atoms with Gasteiger partial charge in [0, 0.05) is 10.6 Å². The molecule has 0 saturated heterocycles. The Hall–Kier alpha value is -2.53. The standard InChI is InChI=1S/C17H17ClN2O3/c1-11-4-3-5-13(10-11)17(22)20-19-16(21)12(2)23-15-8-6-14(18)7-9-15/h3-10,12H,1-2H3,(H,19,21)(H,20,22). The Morgan fingerprint density at radius 3 is 2.43 bits per heavy atom. The van der Waals surface area contributed by atoms with Crippen LogP contribution in [-0.4, -0.2) is 17.9 Å². The van der Waals surface area contributed by atoms with Crippen molar-refractivity contribution in [2.75, 3.05) is 0 Å². The van der Waals surface area contributed by atoms with Crippen molar-refractivity contribution in [3.8, 4) is 5.75 Å². The topological polar surface area (TPSA) is 67.4 Å². The van der Waals surface area contributed by atoms with Crippen LogP contribution in [0.3, 0.4) is 0 Å². The molecule has 0 aliphatic heterocycles. The van der Waals surface area contributed by atoms with E-state index in [1.165, 1.54) is 0 Å². The molecular weight excluding hydrogens is 316 g/mol. The van der Waals surface area contributed by atoms with Crippen LogP contribution in [0.25, 0.3) is 0 Å². The predicted molar refractivity (Wildman–Crippen MR) is 88.3 cm³/mol. The lowest BCUT2D eigenvalue weighted by molar-refractivity contribution is -0.128. The van der Waals surface area contributed by atoms with E-state index in [-0.39, 0.29) is 5.91 Å². The fourth-order valence-electron chi connectivity index (χ4n) is 1.85. The zero-order valence-corrected chi connectivity index (χ0v) is 13.6. The number of hydrogen-bond acceptors (Lipinski definition) is 3. The minimum absolute atomic E-state index is 0.388. The molecule has 1 atom stereocenters. The number of ether oxygens (including phenoxy) is 1. The molecule has 6 heteroatoms. The Bertz CT molecular complexity index is 701. The summed E-state index contributed by atoms with van der Waals surface area (Å²) in [6.45, 7) is 3.47. The minimum atomic E-state index is -0.769. The Balaban J connectivity index is 1.86. The lowest BCUT2D eigenvalue weighted by Crippen LogP contribution is -2.47. The molecule has 0 bridgehead atoms. The molecule has 23 heavy (non-hydrogen) atoms. The van der Waals surface area contributed by atoms with Gasteiger partial charge in [0.1, 0.15) is 5.75 Å². The predicted octanol–water partition coefficient (Wildman–Crippen LogP) is 2.88. The molecule has 1 unspecified atom stereocenters. The first-order chi connectivity index (χ1) is 11.0. The second kappa shape index (κ2) is 7.65. The van der Waals surface area contributed by atoms with Gasteiger partial charge in [-0.1, -0.05) is 29.3 Å². The van der Waals surface area contributed by atoms with E-state index in [0.29, 0.717) is 16.3 Å². The van der Waals surface area contributed by atoms with Crippen LogP contribution in [0.5, 0.6) is 5.75 Å². The third kappa shape index (κ3) is 5.00. The van der Waals surface area contributed by atoms with Crippen LogP contribution in [0.1, 0.15) is 22.8 Å². The first kappa shape index (κ1) is 16.8. The molecule has 2 aromatic rings. The van der Waals surface area contributed by atoms with Gasteiger partial charge in [-0.3, -0.25) is 20.4 Å². The number of rotatable bonds is 4. The third-order valence-electron chi connectivity index (χ3n) is 3.08. The quantitative estimate of drug-likeness (QED) is 0.846. The highest BCUT2D eigenvalue weighted by atomic mass is 35.5. The van der Waals surface area contributed by atoms with Crippen molar-refractivity contribution in [2.24, 2.45) is 0 Å². The number of carbonyl (C=O) groups is 2. The van der Waals surface area contributed by atoms with E-state index in [1.807, 2.05) is 13.0 Å². The molecule has 0 heterocycles. The van der Waals surface area contributed by atoms with Crippen molar-refractivity contribution in [3.05, 3.63) is 64.7 Å². The van der Waals surface area contributed by atoms with Gasteiger partial charge in [-0.05, 0) is 50.2 Å². The van der Waals surface area contributed by atoms with Crippen LogP contribution >= 0.6 is 11.6 Å². The lowest BCUT2D eigenvalue weighted by atomic mass is 10.1. The SMILES string of the molecule is Cc1cccc(C(=O)NNC(=O)C(C)Oc2ccc(Cl)cc2)c1. The third-order valence-corrected chi connectivity index (χ3v) is 3.33. The molecule has 0 aliphatic carbocycles. The maximum Gasteiger partial charge on any atom is 0.279 e. The van der Waals surface area contributed by atoms with Gasteiger partial charge in [-0.15, -0.1) is 0 Å². The zero-order chi connectivity index (χ0) is 16.8. The molecule has 0 aliphatic rings. The molecular formula is C17H17ClN2O3. The Morgan fingerprint density at radius 2 is 1.78 bits per heavy atom. The summed E-state index contributed by atoms with van der Waals surface area (Å²) in [5.74, 6) is -0.330. The van der Waals surface area contributed by atoms with Crippen LogP contribution in [0.15, 0.2) is 48.5 Å². The number of aryl methyl sites for hydroxylation is 1. The fraction of sp³-hybridized carbons (Fsp3) is 0.176. The van der Waals surface area contributed by atoms with Gasteiger partial charge < -0.3 is 4.74 Å². The first-order valence-corrected chi connectivity index (χ1v) is 7.42. The molecule has 2 N–H and O–H groups in total. The van der Waals surface area contributed by atoms with Gasteiger partial charge in [0.2, 0.25) is 0 Å². The number of halogens is 1. The average molecular weight is 333 g/mol. The second-order valence-electron chi connectivity index (χ2n) is 5.03. The molecule has 2 aromatic carbocycles. The number of benzene rings is 2. The minimum Gasteiger partial charge on any atom is -0.481 e. The Morgan fingerprint density at radius 1 is 1.09 bits per heavy atom. The van der Waals surface area contributed by atoms with Crippen LogP contribution in [0.4, 0.5) is 0 Å². The number of hydrogen-bond donors (Lipinski definition) is 2. The van der Waals surface area contributed by atoms with Crippen molar-refractivity contribution in [1.29, 1.82) is 0 Å².